The van der Waals surface area contributed by atoms with Crippen molar-refractivity contribution < 1.29 is 14.6 Å². The molecular weight excluding hydrogens is 288 g/mol. The third-order valence-electron chi connectivity index (χ3n) is 5.55. The van der Waals surface area contributed by atoms with Crippen molar-refractivity contribution in [3.63, 3.8) is 0 Å². The van der Waals surface area contributed by atoms with Gasteiger partial charge < -0.3 is 9.84 Å². The van der Waals surface area contributed by atoms with E-state index in [1.54, 1.807) is 0 Å². The van der Waals surface area contributed by atoms with E-state index in [9.17, 15) is 9.90 Å². The number of fused-ring (bicyclic) bond motifs is 3. The third kappa shape index (κ3) is 3.11. The molecule has 1 saturated carbocycles. The predicted octanol–water partition coefficient (Wildman–Crippen LogP) is 4.75. The summed E-state index contributed by atoms with van der Waals surface area (Å²) in [4.78, 5) is 12.0. The van der Waals surface area contributed by atoms with E-state index in [0.29, 0.717) is 30.3 Å². The second kappa shape index (κ2) is 6.18. The first-order chi connectivity index (χ1) is 10.9. The molecule has 0 aromatic heterocycles. The van der Waals surface area contributed by atoms with Crippen molar-refractivity contribution in [1.29, 1.82) is 0 Å². The second-order valence-corrected chi connectivity index (χ2v) is 7.68. The van der Waals surface area contributed by atoms with Crippen LogP contribution in [0, 0.1) is 5.92 Å². The highest BCUT2D eigenvalue weighted by atomic mass is 16.5. The predicted molar refractivity (Wildman–Crippen MR) is 91.1 cm³/mol. The number of hydrogen-bond donors (Lipinski definition) is 1. The number of aromatic hydroxyl groups is 1. The average molecular weight is 316 g/mol. The van der Waals surface area contributed by atoms with E-state index in [4.69, 9.17) is 4.74 Å². The molecule has 0 spiro atoms. The lowest BCUT2D eigenvalue weighted by molar-refractivity contribution is -0.124. The summed E-state index contributed by atoms with van der Waals surface area (Å²) in [6, 6.07) is 3.97. The molecule has 3 heteroatoms. The summed E-state index contributed by atoms with van der Waals surface area (Å²) in [7, 11) is 0. The van der Waals surface area contributed by atoms with Crippen molar-refractivity contribution in [3.8, 4) is 11.5 Å². The molecule has 3 nitrogen and oxygen atoms in total. The molecule has 0 amide bonds. The summed E-state index contributed by atoms with van der Waals surface area (Å²) >= 11 is 0. The third-order valence-corrected chi connectivity index (χ3v) is 5.55. The van der Waals surface area contributed by atoms with Crippen LogP contribution < -0.4 is 4.74 Å². The first-order valence-electron chi connectivity index (χ1n) is 8.99. The van der Waals surface area contributed by atoms with Crippen molar-refractivity contribution in [3.05, 3.63) is 23.3 Å². The Morgan fingerprint density at radius 2 is 2.09 bits per heavy atom. The molecule has 1 unspecified atom stereocenters. The number of phenols is 1. The molecule has 126 valence electrons. The smallest absolute Gasteiger partial charge is 0.133 e. The molecule has 0 saturated heterocycles. The number of aryl methyl sites for hydroxylation is 1. The van der Waals surface area contributed by atoms with Crippen molar-refractivity contribution >= 4 is 5.78 Å². The summed E-state index contributed by atoms with van der Waals surface area (Å²) in [5.74, 6) is 1.80. The summed E-state index contributed by atoms with van der Waals surface area (Å²) in [6.45, 7) is 6.42. The highest BCUT2D eigenvalue weighted by Crippen LogP contribution is 2.53. The first kappa shape index (κ1) is 16.4. The van der Waals surface area contributed by atoms with Gasteiger partial charge in [-0.15, -0.1) is 0 Å². The van der Waals surface area contributed by atoms with Gasteiger partial charge in [0.15, 0.2) is 0 Å². The normalized spacial score (nSPS) is 25.4. The van der Waals surface area contributed by atoms with E-state index in [-0.39, 0.29) is 11.5 Å². The Balaban J connectivity index is 1.96. The van der Waals surface area contributed by atoms with Gasteiger partial charge in [0.1, 0.15) is 22.9 Å². The molecular formula is C20H28O3. The van der Waals surface area contributed by atoms with E-state index in [1.165, 1.54) is 12.8 Å². The molecule has 1 aromatic carbocycles. The van der Waals surface area contributed by atoms with Crippen LogP contribution in [0.5, 0.6) is 11.5 Å². The molecule has 0 radical (unpaired) electrons. The van der Waals surface area contributed by atoms with Crippen molar-refractivity contribution in [2.45, 2.75) is 77.2 Å². The Labute approximate surface area is 139 Å². The van der Waals surface area contributed by atoms with Crippen LogP contribution in [0.25, 0.3) is 0 Å². The zero-order valence-corrected chi connectivity index (χ0v) is 14.5. The van der Waals surface area contributed by atoms with E-state index < -0.39 is 0 Å². The number of Topliss-reactive ketones (excluding diaryl/α,β-unsaturated/α-hetero) is 1. The lowest BCUT2D eigenvalue weighted by Gasteiger charge is -2.47. The Morgan fingerprint density at radius 3 is 2.83 bits per heavy atom. The van der Waals surface area contributed by atoms with Crippen molar-refractivity contribution in [1.82, 2.24) is 0 Å². The van der Waals surface area contributed by atoms with Crippen molar-refractivity contribution in [2.24, 2.45) is 5.92 Å². The summed E-state index contributed by atoms with van der Waals surface area (Å²) in [5.41, 5.74) is 1.71. The van der Waals surface area contributed by atoms with Crippen molar-refractivity contribution in [2.75, 3.05) is 0 Å². The van der Waals surface area contributed by atoms with Crippen LogP contribution in [0.15, 0.2) is 12.1 Å². The Bertz CT molecular complexity index is 603. The minimum Gasteiger partial charge on any atom is -0.508 e. The molecule has 23 heavy (non-hydrogen) atoms. The SMILES string of the molecule is CCCCCc1cc(O)c2c(c1)OC(C)(C)C1CCC(=O)C[C@@H]21. The fourth-order valence-electron chi connectivity index (χ4n) is 4.35. The quantitative estimate of drug-likeness (QED) is 0.815. The minimum absolute atomic E-state index is 0.0969. The van der Waals surface area contributed by atoms with E-state index in [2.05, 4.69) is 26.8 Å². The Kier molecular flexibility index (Phi) is 4.39. The number of benzene rings is 1. The monoisotopic (exact) mass is 316 g/mol. The highest BCUT2D eigenvalue weighted by Gasteiger charge is 2.47. The maximum atomic E-state index is 12.0. The van der Waals surface area contributed by atoms with Gasteiger partial charge in [0.25, 0.3) is 0 Å². The van der Waals surface area contributed by atoms with Gasteiger partial charge in [-0.05, 0) is 50.8 Å². The van der Waals surface area contributed by atoms with Crippen LogP contribution in [0.1, 0.15) is 76.3 Å². The molecule has 1 aromatic rings. The maximum absolute atomic E-state index is 12.0. The largest absolute Gasteiger partial charge is 0.508 e. The van der Waals surface area contributed by atoms with E-state index in [1.807, 2.05) is 6.07 Å². The van der Waals surface area contributed by atoms with Crippen LogP contribution >= 0.6 is 0 Å². The molecule has 0 bridgehead atoms. The van der Waals surface area contributed by atoms with Gasteiger partial charge in [0.2, 0.25) is 0 Å². The molecule has 1 fully saturated rings. The summed E-state index contributed by atoms with van der Waals surface area (Å²) in [5, 5.41) is 10.6. The summed E-state index contributed by atoms with van der Waals surface area (Å²) < 4.78 is 6.28. The van der Waals surface area contributed by atoms with Crippen LogP contribution in [-0.4, -0.2) is 16.5 Å². The number of rotatable bonds is 4. The fourth-order valence-corrected chi connectivity index (χ4v) is 4.35. The zero-order valence-electron chi connectivity index (χ0n) is 14.5. The highest BCUT2D eigenvalue weighted by molar-refractivity contribution is 5.81. The second-order valence-electron chi connectivity index (χ2n) is 7.68. The molecule has 3 rings (SSSR count). The van der Waals surface area contributed by atoms with Gasteiger partial charge >= 0.3 is 0 Å². The maximum Gasteiger partial charge on any atom is 0.133 e. The van der Waals surface area contributed by atoms with Gasteiger partial charge in [0, 0.05) is 30.2 Å². The lowest BCUT2D eigenvalue weighted by Crippen LogP contribution is -2.47. The topological polar surface area (TPSA) is 46.5 Å². The molecule has 2 atom stereocenters. The van der Waals surface area contributed by atoms with Crippen LogP contribution in [0.4, 0.5) is 0 Å². The molecule has 1 aliphatic carbocycles. The van der Waals surface area contributed by atoms with Gasteiger partial charge in [0.05, 0.1) is 0 Å². The number of carbonyl (C=O) groups is 1. The van der Waals surface area contributed by atoms with E-state index >= 15 is 0 Å². The molecule has 1 heterocycles. The minimum atomic E-state index is -0.285. The number of ether oxygens (including phenoxy) is 1. The van der Waals surface area contributed by atoms with Crippen LogP contribution in [0.3, 0.4) is 0 Å². The van der Waals surface area contributed by atoms with Gasteiger partial charge in [-0.25, -0.2) is 0 Å². The fraction of sp³-hybridized carbons (Fsp3) is 0.650. The Morgan fingerprint density at radius 1 is 1.30 bits per heavy atom. The van der Waals surface area contributed by atoms with E-state index in [0.717, 1.165) is 36.1 Å². The average Bonchev–Trinajstić information content (AvgIpc) is 2.46. The van der Waals surface area contributed by atoms with Gasteiger partial charge in [-0.3, -0.25) is 4.79 Å². The van der Waals surface area contributed by atoms with Gasteiger partial charge in [-0.1, -0.05) is 19.8 Å². The first-order valence-corrected chi connectivity index (χ1v) is 8.99. The number of carbonyl (C=O) groups excluding carboxylic acids is 1. The number of ketones is 1. The van der Waals surface area contributed by atoms with Gasteiger partial charge in [-0.2, -0.15) is 0 Å². The number of unbranched alkanes of at least 4 members (excludes halogenated alkanes) is 2. The molecule has 1 aliphatic heterocycles. The van der Waals surface area contributed by atoms with Crippen LogP contribution in [-0.2, 0) is 11.2 Å². The molecule has 1 N–H and O–H groups in total. The Hall–Kier alpha value is -1.51. The zero-order chi connectivity index (χ0) is 16.6. The lowest BCUT2D eigenvalue weighted by atomic mass is 9.66. The van der Waals surface area contributed by atoms with Crippen LogP contribution in [0.2, 0.25) is 0 Å². The number of hydrogen-bond acceptors (Lipinski definition) is 3. The summed E-state index contributed by atoms with van der Waals surface area (Å²) in [6.07, 6.45) is 6.50. The number of phenolic OH excluding ortho intramolecular Hbond substituents is 1. The molecule has 2 aliphatic rings. The standard InChI is InChI=1S/C20H28O3/c1-4-5-6-7-13-10-17(22)19-15-12-14(21)8-9-16(15)20(2,3)23-18(19)11-13/h10-11,15-16,22H,4-9,12H2,1-3H3/t15-,16?/m1/s1.